The number of fused-ring (bicyclic) bond motifs is 1. The van der Waals surface area contributed by atoms with E-state index in [9.17, 15) is 4.79 Å². The summed E-state index contributed by atoms with van der Waals surface area (Å²) in [5, 5.41) is 0.474. The highest BCUT2D eigenvalue weighted by Gasteiger charge is 2.16. The van der Waals surface area contributed by atoms with Crippen molar-refractivity contribution >= 4 is 33.6 Å². The maximum absolute atomic E-state index is 12.6. The van der Waals surface area contributed by atoms with Crippen LogP contribution in [-0.4, -0.2) is 14.2 Å². The van der Waals surface area contributed by atoms with Crippen LogP contribution in [0.1, 0.15) is 0 Å². The summed E-state index contributed by atoms with van der Waals surface area (Å²) in [4.78, 5) is 12.6. The van der Waals surface area contributed by atoms with Crippen molar-refractivity contribution < 1.29 is 13.9 Å². The predicted octanol–water partition coefficient (Wildman–Crippen LogP) is 4.08. The van der Waals surface area contributed by atoms with Gasteiger partial charge in [-0.3, -0.25) is 4.79 Å². The second kappa shape index (κ2) is 6.00. The molecule has 0 saturated carbocycles. The lowest BCUT2D eigenvalue weighted by Crippen LogP contribution is -2.08. The molecule has 0 bridgehead atoms. The van der Waals surface area contributed by atoms with E-state index in [2.05, 4.69) is 0 Å². The highest BCUT2D eigenvalue weighted by Crippen LogP contribution is 2.34. The smallest absolute Gasteiger partial charge is 0.206 e. The van der Waals surface area contributed by atoms with Gasteiger partial charge < -0.3 is 13.9 Å². The molecular formula is C17H13IO4. The molecule has 5 heteroatoms. The monoisotopic (exact) mass is 408 g/mol. The molecule has 2 aromatic carbocycles. The van der Waals surface area contributed by atoms with Gasteiger partial charge in [0.15, 0.2) is 17.3 Å². The molecule has 3 aromatic rings. The molecule has 0 radical (unpaired) electrons. The minimum absolute atomic E-state index is 0.0818. The molecule has 0 N–H and O–H groups in total. The van der Waals surface area contributed by atoms with Gasteiger partial charge in [-0.1, -0.05) is 30.3 Å². The van der Waals surface area contributed by atoms with E-state index in [4.69, 9.17) is 13.9 Å². The third-order valence-electron chi connectivity index (χ3n) is 3.38. The van der Waals surface area contributed by atoms with Crippen molar-refractivity contribution in [2.75, 3.05) is 14.2 Å². The summed E-state index contributed by atoms with van der Waals surface area (Å²) in [5.74, 6) is 1.59. The van der Waals surface area contributed by atoms with E-state index in [0.717, 1.165) is 5.56 Å². The number of hydrogen-bond donors (Lipinski definition) is 0. The quantitative estimate of drug-likeness (QED) is 0.613. The van der Waals surface area contributed by atoms with Crippen LogP contribution in [0.15, 0.2) is 51.7 Å². The molecule has 1 aromatic heterocycles. The fraction of sp³-hybridized carbons (Fsp3) is 0.118. The Kier molecular flexibility index (Phi) is 4.06. The minimum atomic E-state index is -0.0818. The van der Waals surface area contributed by atoms with Crippen molar-refractivity contribution in [2.45, 2.75) is 0 Å². The van der Waals surface area contributed by atoms with E-state index in [1.54, 1.807) is 19.2 Å². The molecule has 3 rings (SSSR count). The summed E-state index contributed by atoms with van der Waals surface area (Å²) < 4.78 is 17.0. The second-order valence-electron chi connectivity index (χ2n) is 4.64. The van der Waals surface area contributed by atoms with Crippen molar-refractivity contribution in [2.24, 2.45) is 0 Å². The van der Waals surface area contributed by atoms with Crippen LogP contribution in [0.25, 0.3) is 22.3 Å². The molecule has 0 saturated heterocycles. The number of methoxy groups -OCH3 is 2. The van der Waals surface area contributed by atoms with Gasteiger partial charge in [-0.2, -0.15) is 0 Å². The van der Waals surface area contributed by atoms with Gasteiger partial charge in [-0.15, -0.1) is 0 Å². The van der Waals surface area contributed by atoms with Crippen molar-refractivity contribution in [3.63, 3.8) is 0 Å². The van der Waals surface area contributed by atoms with E-state index >= 15 is 0 Å². The normalized spacial score (nSPS) is 10.7. The van der Waals surface area contributed by atoms with Crippen LogP contribution in [0.5, 0.6) is 11.5 Å². The first-order valence-corrected chi connectivity index (χ1v) is 7.67. The van der Waals surface area contributed by atoms with Crippen molar-refractivity contribution in [3.8, 4) is 22.8 Å². The average Bonchev–Trinajstić information content (AvgIpc) is 2.57. The largest absolute Gasteiger partial charge is 0.493 e. The molecule has 4 nitrogen and oxygen atoms in total. The van der Waals surface area contributed by atoms with Gasteiger partial charge in [0.25, 0.3) is 0 Å². The Morgan fingerprint density at radius 1 is 1.00 bits per heavy atom. The lowest BCUT2D eigenvalue weighted by Gasteiger charge is -2.10. The van der Waals surface area contributed by atoms with E-state index in [1.807, 2.05) is 52.9 Å². The Morgan fingerprint density at radius 3 is 2.27 bits per heavy atom. The van der Waals surface area contributed by atoms with Gasteiger partial charge in [0, 0.05) is 11.6 Å². The zero-order valence-electron chi connectivity index (χ0n) is 12.1. The van der Waals surface area contributed by atoms with Crippen LogP contribution < -0.4 is 14.9 Å². The summed E-state index contributed by atoms with van der Waals surface area (Å²) in [6.07, 6.45) is 0. The van der Waals surface area contributed by atoms with Gasteiger partial charge in [-0.25, -0.2) is 0 Å². The van der Waals surface area contributed by atoms with Crippen LogP contribution in [0.3, 0.4) is 0 Å². The molecule has 0 fully saturated rings. The van der Waals surface area contributed by atoms with E-state index < -0.39 is 0 Å². The van der Waals surface area contributed by atoms with E-state index in [0.29, 0.717) is 31.8 Å². The Labute approximate surface area is 140 Å². The first-order valence-electron chi connectivity index (χ1n) is 6.59. The molecule has 0 unspecified atom stereocenters. The fourth-order valence-corrected chi connectivity index (χ4v) is 2.99. The average molecular weight is 408 g/mol. The molecule has 0 spiro atoms. The highest BCUT2D eigenvalue weighted by atomic mass is 127. The number of rotatable bonds is 3. The first kappa shape index (κ1) is 14.9. The third-order valence-corrected chi connectivity index (χ3v) is 4.36. The Hall–Kier alpha value is -2.02. The van der Waals surface area contributed by atoms with Gasteiger partial charge >= 0.3 is 0 Å². The molecule has 0 aliphatic carbocycles. The van der Waals surface area contributed by atoms with Crippen LogP contribution in [-0.2, 0) is 0 Å². The molecule has 0 aliphatic heterocycles. The topological polar surface area (TPSA) is 48.7 Å². The lowest BCUT2D eigenvalue weighted by atomic mass is 10.1. The van der Waals surface area contributed by atoms with Gasteiger partial charge in [0.1, 0.15) is 9.15 Å². The Bertz CT molecular complexity index is 885. The second-order valence-corrected chi connectivity index (χ2v) is 5.72. The molecular weight excluding hydrogens is 395 g/mol. The number of halogens is 1. The van der Waals surface area contributed by atoms with Crippen molar-refractivity contribution in [1.82, 2.24) is 0 Å². The maximum atomic E-state index is 12.6. The summed E-state index contributed by atoms with van der Waals surface area (Å²) in [5.41, 5.74) is 1.25. The Balaban J connectivity index is 2.34. The fourth-order valence-electron chi connectivity index (χ4n) is 2.27. The Morgan fingerprint density at radius 2 is 1.64 bits per heavy atom. The lowest BCUT2D eigenvalue weighted by molar-refractivity contribution is 0.355. The van der Waals surface area contributed by atoms with Crippen molar-refractivity contribution in [1.29, 1.82) is 0 Å². The number of hydrogen-bond acceptors (Lipinski definition) is 4. The SMILES string of the molecule is COc1cc2oc(-c3ccccc3)c(I)c(=O)c2cc1OC. The standard InChI is InChI=1S/C17H13IO4/c1-20-13-8-11-12(9-14(13)21-2)22-17(15(18)16(11)19)10-6-4-3-5-7-10/h3-9H,1-2H3. The summed E-state index contributed by atoms with van der Waals surface area (Å²) in [6.45, 7) is 0. The third kappa shape index (κ3) is 2.45. The van der Waals surface area contributed by atoms with Crippen LogP contribution in [0.4, 0.5) is 0 Å². The molecule has 22 heavy (non-hydrogen) atoms. The van der Waals surface area contributed by atoms with Crippen molar-refractivity contribution in [3.05, 3.63) is 56.3 Å². The van der Waals surface area contributed by atoms with Crippen LogP contribution >= 0.6 is 22.6 Å². The molecule has 112 valence electrons. The van der Waals surface area contributed by atoms with Crippen LogP contribution in [0.2, 0.25) is 0 Å². The number of ether oxygens (including phenoxy) is 2. The highest BCUT2D eigenvalue weighted by molar-refractivity contribution is 14.1. The van der Waals surface area contributed by atoms with Gasteiger partial charge in [0.2, 0.25) is 5.43 Å². The molecule has 1 heterocycles. The number of benzene rings is 2. The predicted molar refractivity (Wildman–Crippen MR) is 93.7 cm³/mol. The molecule has 0 aliphatic rings. The zero-order valence-corrected chi connectivity index (χ0v) is 14.2. The zero-order chi connectivity index (χ0) is 15.7. The van der Waals surface area contributed by atoms with E-state index in [-0.39, 0.29) is 5.43 Å². The summed E-state index contributed by atoms with van der Waals surface area (Å²) in [7, 11) is 3.08. The van der Waals surface area contributed by atoms with E-state index in [1.165, 1.54) is 7.11 Å². The molecule has 0 amide bonds. The van der Waals surface area contributed by atoms with Gasteiger partial charge in [-0.05, 0) is 28.7 Å². The molecule has 0 atom stereocenters. The van der Waals surface area contributed by atoms with Gasteiger partial charge in [0.05, 0.1) is 19.6 Å². The van der Waals surface area contributed by atoms with Crippen LogP contribution in [0, 0.1) is 3.57 Å². The maximum Gasteiger partial charge on any atom is 0.206 e. The first-order chi connectivity index (χ1) is 10.7. The minimum Gasteiger partial charge on any atom is -0.493 e. The summed E-state index contributed by atoms with van der Waals surface area (Å²) >= 11 is 2.02. The summed E-state index contributed by atoms with van der Waals surface area (Å²) in [6, 6.07) is 12.9.